The van der Waals surface area contributed by atoms with Crippen LogP contribution in [0.25, 0.3) is 33.5 Å². The minimum absolute atomic E-state index is 0.0691. The Labute approximate surface area is 360 Å². The first-order valence-corrected chi connectivity index (χ1v) is 22.1. The first kappa shape index (κ1) is 48.9. The summed E-state index contributed by atoms with van der Waals surface area (Å²) in [5.74, 6) is -0.297. The molecule has 5 N–H and O–H groups in total. The van der Waals surface area contributed by atoms with Crippen LogP contribution in [-0.2, 0) is 32.1 Å². The number of aromatic amines is 1. The number of aromatic nitrogens is 3. The molecule has 6 atom stereocenters. The second-order valence-corrected chi connectivity index (χ2v) is 16.4. The fraction of sp³-hybridized carbons (Fsp3) is 0.587. The predicted molar refractivity (Wildman–Crippen MR) is 239 cm³/mol. The molecule has 4 heterocycles. The SMILES string of the molecule is CC.CCCC(NC(=O)C(C)NC)C(=O)N1CCCC1Cc1c(-c2nc3cc(F)ccc3n2CC2CCCN2C)[nH]c2cc(F)ccc12.CNC(C)C(=O)NC(C=O)C(C)C. The lowest BCUT2D eigenvalue weighted by Crippen LogP contribution is -2.53. The summed E-state index contributed by atoms with van der Waals surface area (Å²) in [5.41, 5.74) is 3.78. The predicted octanol–water partition coefficient (Wildman–Crippen LogP) is 5.94. The smallest absolute Gasteiger partial charge is 0.245 e. The lowest BCUT2D eigenvalue weighted by atomic mass is 9.99. The number of hydrogen-bond acceptors (Lipinski definition) is 8. The molecule has 6 rings (SSSR count). The summed E-state index contributed by atoms with van der Waals surface area (Å²) in [4.78, 5) is 61.3. The summed E-state index contributed by atoms with van der Waals surface area (Å²) in [6, 6.07) is 8.00. The Morgan fingerprint density at radius 2 is 1.52 bits per heavy atom. The Kier molecular flexibility index (Phi) is 18.4. The molecule has 336 valence electrons. The fourth-order valence-corrected chi connectivity index (χ4v) is 8.06. The van der Waals surface area contributed by atoms with Crippen LogP contribution in [0, 0.1) is 17.6 Å². The van der Waals surface area contributed by atoms with E-state index in [1.54, 1.807) is 40.1 Å². The van der Waals surface area contributed by atoms with E-state index in [2.05, 4.69) is 42.8 Å². The Morgan fingerprint density at radius 3 is 2.13 bits per heavy atom. The van der Waals surface area contributed by atoms with Crippen molar-refractivity contribution in [2.75, 3.05) is 34.2 Å². The summed E-state index contributed by atoms with van der Waals surface area (Å²) in [6.07, 6.45) is 6.46. The van der Waals surface area contributed by atoms with Crippen molar-refractivity contribution in [2.45, 2.75) is 136 Å². The lowest BCUT2D eigenvalue weighted by molar-refractivity contribution is -0.137. The summed E-state index contributed by atoms with van der Waals surface area (Å²) in [7, 11) is 5.56. The van der Waals surface area contributed by atoms with E-state index in [1.165, 1.54) is 24.3 Å². The van der Waals surface area contributed by atoms with Crippen molar-refractivity contribution in [3.05, 3.63) is 53.6 Å². The van der Waals surface area contributed by atoms with E-state index in [0.29, 0.717) is 48.8 Å². The molecule has 0 aliphatic carbocycles. The van der Waals surface area contributed by atoms with Crippen LogP contribution in [0.5, 0.6) is 0 Å². The third-order valence-electron chi connectivity index (χ3n) is 12.0. The molecular formula is C46H69F2N9O4. The number of amides is 3. The van der Waals surface area contributed by atoms with Crippen LogP contribution in [0.3, 0.4) is 0 Å². The van der Waals surface area contributed by atoms with Gasteiger partial charge in [0.1, 0.15) is 24.0 Å². The number of likely N-dealkylation sites (N-methyl/N-ethyl adjacent to an activating group) is 3. The molecule has 0 bridgehead atoms. The normalized spacial score (nSPS) is 18.5. The third-order valence-corrected chi connectivity index (χ3v) is 12.0. The quantitative estimate of drug-likeness (QED) is 0.0868. The van der Waals surface area contributed by atoms with Crippen LogP contribution in [0.15, 0.2) is 36.4 Å². The molecule has 4 aromatic rings. The van der Waals surface area contributed by atoms with Gasteiger partial charge in [0.05, 0.1) is 34.9 Å². The second kappa shape index (κ2) is 22.9. The fourth-order valence-electron chi connectivity index (χ4n) is 8.06. The summed E-state index contributed by atoms with van der Waals surface area (Å²) >= 11 is 0. The van der Waals surface area contributed by atoms with Gasteiger partial charge < -0.3 is 45.4 Å². The molecule has 0 spiro atoms. The van der Waals surface area contributed by atoms with Gasteiger partial charge >= 0.3 is 0 Å². The van der Waals surface area contributed by atoms with Crippen LogP contribution < -0.4 is 21.3 Å². The number of rotatable bonds is 16. The molecule has 0 saturated carbocycles. The highest BCUT2D eigenvalue weighted by Gasteiger charge is 2.36. The number of imidazole rings is 1. The van der Waals surface area contributed by atoms with Crippen LogP contribution in [0.1, 0.15) is 92.6 Å². The zero-order valence-electron chi connectivity index (χ0n) is 37.8. The van der Waals surface area contributed by atoms with Gasteiger partial charge in [-0.3, -0.25) is 14.4 Å². The van der Waals surface area contributed by atoms with E-state index in [1.807, 2.05) is 39.5 Å². The molecule has 0 radical (unpaired) electrons. The van der Waals surface area contributed by atoms with Crippen molar-refractivity contribution in [1.29, 1.82) is 0 Å². The molecule has 3 amide bonds. The minimum Gasteiger partial charge on any atom is -0.352 e. The molecule has 2 saturated heterocycles. The molecule has 2 aliphatic heterocycles. The van der Waals surface area contributed by atoms with E-state index >= 15 is 0 Å². The number of nitrogens with zero attached hydrogens (tertiary/aromatic N) is 4. The molecule has 13 nitrogen and oxygen atoms in total. The molecule has 61 heavy (non-hydrogen) atoms. The van der Waals surface area contributed by atoms with Crippen molar-refractivity contribution >= 4 is 45.9 Å². The molecule has 2 aromatic carbocycles. The Hall–Kier alpha value is -4.73. The zero-order valence-corrected chi connectivity index (χ0v) is 37.8. The number of carbonyl (C=O) groups excluding carboxylic acids is 4. The number of likely N-dealkylation sites (tertiary alicyclic amines) is 2. The average Bonchev–Trinajstić information content (AvgIpc) is 4.05. The summed E-state index contributed by atoms with van der Waals surface area (Å²) < 4.78 is 31.1. The Morgan fingerprint density at radius 1 is 0.902 bits per heavy atom. The zero-order chi connectivity index (χ0) is 45.0. The van der Waals surface area contributed by atoms with Gasteiger partial charge in [-0.2, -0.15) is 0 Å². The number of carbonyl (C=O) groups is 4. The lowest BCUT2D eigenvalue weighted by Gasteiger charge is -2.30. The number of nitrogens with one attached hydrogen (secondary N) is 5. The van der Waals surface area contributed by atoms with Crippen molar-refractivity contribution in [1.82, 2.24) is 45.6 Å². The number of halogens is 2. The largest absolute Gasteiger partial charge is 0.352 e. The maximum atomic E-state index is 14.5. The Bertz CT molecular complexity index is 2080. The van der Waals surface area contributed by atoms with E-state index in [-0.39, 0.29) is 53.4 Å². The van der Waals surface area contributed by atoms with Gasteiger partial charge in [0.25, 0.3) is 0 Å². The van der Waals surface area contributed by atoms with Gasteiger partial charge in [0.15, 0.2) is 5.82 Å². The highest BCUT2D eigenvalue weighted by atomic mass is 19.1. The third kappa shape index (κ3) is 12.0. The van der Waals surface area contributed by atoms with Gasteiger partial charge in [0, 0.05) is 42.1 Å². The van der Waals surface area contributed by atoms with Gasteiger partial charge in [0.2, 0.25) is 17.7 Å². The van der Waals surface area contributed by atoms with E-state index < -0.39 is 12.1 Å². The van der Waals surface area contributed by atoms with Crippen molar-refractivity contribution in [2.24, 2.45) is 5.92 Å². The number of aldehydes is 1. The average molecular weight is 850 g/mol. The van der Waals surface area contributed by atoms with E-state index in [0.717, 1.165) is 67.1 Å². The summed E-state index contributed by atoms with van der Waals surface area (Å²) in [5, 5.41) is 12.2. The number of hydrogen-bond donors (Lipinski definition) is 5. The van der Waals surface area contributed by atoms with Gasteiger partial charge in [-0.05, 0) is 122 Å². The van der Waals surface area contributed by atoms with Gasteiger partial charge in [-0.25, -0.2) is 13.8 Å². The molecule has 2 fully saturated rings. The van der Waals surface area contributed by atoms with Crippen molar-refractivity contribution in [3.8, 4) is 11.5 Å². The maximum Gasteiger partial charge on any atom is 0.245 e. The number of benzene rings is 2. The molecular weight excluding hydrogens is 781 g/mol. The first-order valence-electron chi connectivity index (χ1n) is 22.1. The topological polar surface area (TPSA) is 156 Å². The van der Waals surface area contributed by atoms with E-state index in [9.17, 15) is 28.0 Å². The monoisotopic (exact) mass is 850 g/mol. The van der Waals surface area contributed by atoms with Crippen molar-refractivity contribution in [3.63, 3.8) is 0 Å². The summed E-state index contributed by atoms with van der Waals surface area (Å²) in [6.45, 7) is 15.6. The van der Waals surface area contributed by atoms with Crippen molar-refractivity contribution < 1.29 is 28.0 Å². The second-order valence-electron chi connectivity index (χ2n) is 16.4. The maximum absolute atomic E-state index is 14.5. The standard InChI is InChI=1S/C35H45F2N7O2.C9H18N2O2.C2H6/c1-5-8-28(41-34(45)21(2)38-3)35(46)43-16-7-9-24(43)19-27-26-13-11-22(36)17-29(26)39-32(27)33-40-30-18-23(37)12-14-31(30)44(33)20-25-10-6-15-42(25)4;1-6(2)8(5-12)11-9(13)7(3)10-4;1-2/h11-14,17-18,21,24-25,28,38-39H,5-10,15-16,19-20H2,1-4H3,(H,41,45);5-8,10H,1-4H3,(H,11,13);1-2H3. The van der Waals surface area contributed by atoms with E-state index in [4.69, 9.17) is 4.98 Å². The first-order chi connectivity index (χ1) is 29.2. The number of fused-ring (bicyclic) bond motifs is 2. The van der Waals surface area contributed by atoms with Crippen LogP contribution in [0.2, 0.25) is 0 Å². The molecule has 2 aliphatic rings. The highest BCUT2D eigenvalue weighted by Crippen LogP contribution is 2.36. The van der Waals surface area contributed by atoms with Crippen LogP contribution in [0.4, 0.5) is 8.78 Å². The number of H-pyrrole nitrogens is 1. The molecule has 6 unspecified atom stereocenters. The van der Waals surface area contributed by atoms with Gasteiger partial charge in [-0.1, -0.05) is 41.0 Å². The van der Waals surface area contributed by atoms with Gasteiger partial charge in [-0.15, -0.1) is 0 Å². The van der Waals surface area contributed by atoms with Crippen LogP contribution in [-0.4, -0.2) is 119 Å². The highest BCUT2D eigenvalue weighted by molar-refractivity contribution is 5.93. The molecule has 2 aromatic heterocycles. The van der Waals surface area contributed by atoms with Crippen LogP contribution >= 0.6 is 0 Å². The minimum atomic E-state index is -0.604. The molecule has 15 heteroatoms. The Balaban J connectivity index is 0.000000469.